The van der Waals surface area contributed by atoms with Gasteiger partial charge in [0, 0.05) is 0 Å². The van der Waals surface area contributed by atoms with E-state index in [1.54, 1.807) is 65.8 Å². The summed E-state index contributed by atoms with van der Waals surface area (Å²) in [4.78, 5) is 23.8. The van der Waals surface area contributed by atoms with Crippen LogP contribution in [0.4, 0.5) is 21.0 Å². The monoisotopic (exact) mass is 338 g/mol. The molecule has 0 unspecified atom stereocenters. The lowest BCUT2D eigenvalue weighted by Gasteiger charge is -2.25. The average molecular weight is 338 g/mol. The maximum Gasteiger partial charge on any atom is 0.429 e. The van der Waals surface area contributed by atoms with E-state index in [2.05, 4.69) is 0 Å². The fourth-order valence-corrected chi connectivity index (χ4v) is 1.61. The molecule has 0 aliphatic rings. The van der Waals surface area contributed by atoms with Crippen molar-refractivity contribution in [3.63, 3.8) is 0 Å². The van der Waals surface area contributed by atoms with Gasteiger partial charge in [0.1, 0.15) is 11.2 Å². The van der Waals surface area contributed by atoms with E-state index in [9.17, 15) is 9.59 Å². The number of hydrazine groups is 2. The predicted octanol–water partition coefficient (Wildman–Crippen LogP) is 2.92. The highest BCUT2D eigenvalue weighted by Crippen LogP contribution is 2.21. The summed E-state index contributed by atoms with van der Waals surface area (Å²) in [6.45, 7) is 10.5. The van der Waals surface area contributed by atoms with Gasteiger partial charge in [0.15, 0.2) is 0 Å². The fraction of sp³-hybridized carbons (Fsp3) is 0.500. The van der Waals surface area contributed by atoms with Crippen LogP contribution in [-0.4, -0.2) is 23.4 Å². The molecule has 134 valence electrons. The summed E-state index contributed by atoms with van der Waals surface area (Å²) in [6, 6.07) is 6.18. The van der Waals surface area contributed by atoms with Crippen molar-refractivity contribution in [2.75, 3.05) is 10.0 Å². The van der Waals surface area contributed by atoms with Gasteiger partial charge in [0.05, 0.1) is 11.4 Å². The van der Waals surface area contributed by atoms with Gasteiger partial charge < -0.3 is 9.47 Å². The molecule has 0 aliphatic carbocycles. The van der Waals surface area contributed by atoms with E-state index in [1.807, 2.05) is 0 Å². The van der Waals surface area contributed by atoms with Crippen LogP contribution in [0.25, 0.3) is 0 Å². The Morgan fingerprint density at radius 3 is 1.21 bits per heavy atom. The summed E-state index contributed by atoms with van der Waals surface area (Å²) in [5.41, 5.74) is -0.519. The molecule has 4 N–H and O–H groups in total. The topological polar surface area (TPSA) is 111 Å². The van der Waals surface area contributed by atoms with Crippen LogP contribution >= 0.6 is 0 Å². The standard InChI is InChI=1S/C16H26N4O4/c1-15(2,3)23-13(21)19(17)11-7-9-12(10-8-11)20(18)14(22)24-16(4,5)6/h7-10H,17-18H2,1-6H3. The van der Waals surface area contributed by atoms with Gasteiger partial charge in [-0.25, -0.2) is 31.3 Å². The van der Waals surface area contributed by atoms with Gasteiger partial charge in [-0.05, 0) is 65.8 Å². The van der Waals surface area contributed by atoms with Crippen molar-refractivity contribution in [1.82, 2.24) is 0 Å². The third-order valence-corrected chi connectivity index (χ3v) is 2.59. The minimum atomic E-state index is -0.688. The number of carbonyl (C=O) groups is 2. The molecule has 0 radical (unpaired) electrons. The van der Waals surface area contributed by atoms with Gasteiger partial charge in [0.2, 0.25) is 0 Å². The van der Waals surface area contributed by atoms with E-state index in [0.29, 0.717) is 11.4 Å². The first-order valence-electron chi connectivity index (χ1n) is 7.46. The van der Waals surface area contributed by atoms with Gasteiger partial charge in [-0.3, -0.25) is 0 Å². The summed E-state index contributed by atoms with van der Waals surface area (Å²) >= 11 is 0. The quantitative estimate of drug-likeness (QED) is 0.487. The molecule has 0 atom stereocenters. The first kappa shape index (κ1) is 19.7. The second kappa shape index (κ2) is 7.06. The number of rotatable bonds is 2. The lowest BCUT2D eigenvalue weighted by molar-refractivity contribution is 0.0568. The average Bonchev–Trinajstić information content (AvgIpc) is 2.42. The highest BCUT2D eigenvalue weighted by molar-refractivity contribution is 5.89. The summed E-state index contributed by atoms with van der Waals surface area (Å²) in [5, 5.41) is 1.76. The normalized spacial score (nSPS) is 11.7. The van der Waals surface area contributed by atoms with Crippen LogP contribution < -0.4 is 21.7 Å². The first-order chi connectivity index (χ1) is 10.8. The smallest absolute Gasteiger partial charge is 0.429 e. The van der Waals surface area contributed by atoms with E-state index in [4.69, 9.17) is 21.2 Å². The molecule has 8 nitrogen and oxygen atoms in total. The van der Waals surface area contributed by atoms with E-state index < -0.39 is 23.4 Å². The number of amides is 2. The highest BCUT2D eigenvalue weighted by atomic mass is 16.6. The van der Waals surface area contributed by atoms with Gasteiger partial charge in [-0.15, -0.1) is 0 Å². The predicted molar refractivity (Wildman–Crippen MR) is 92.2 cm³/mol. The number of hydrogen-bond donors (Lipinski definition) is 2. The highest BCUT2D eigenvalue weighted by Gasteiger charge is 2.23. The number of ether oxygens (including phenoxy) is 2. The first-order valence-corrected chi connectivity index (χ1v) is 7.46. The van der Waals surface area contributed by atoms with Crippen LogP contribution in [-0.2, 0) is 9.47 Å². The molecular weight excluding hydrogens is 312 g/mol. The number of nitrogens with zero attached hydrogens (tertiary/aromatic N) is 2. The number of nitrogens with two attached hydrogens (primary N) is 2. The van der Waals surface area contributed by atoms with Crippen molar-refractivity contribution < 1.29 is 19.1 Å². The molecule has 0 aromatic heterocycles. The Balaban J connectivity index is 2.82. The minimum Gasteiger partial charge on any atom is -0.442 e. The van der Waals surface area contributed by atoms with Crippen LogP contribution in [0.3, 0.4) is 0 Å². The van der Waals surface area contributed by atoms with Crippen molar-refractivity contribution in [2.45, 2.75) is 52.7 Å². The SMILES string of the molecule is CC(C)(C)OC(=O)N(N)c1ccc(N(N)C(=O)OC(C)(C)C)cc1. The lowest BCUT2D eigenvalue weighted by atomic mass is 10.2. The number of anilines is 2. The van der Waals surface area contributed by atoms with Crippen LogP contribution in [0.15, 0.2) is 24.3 Å². The molecule has 0 heterocycles. The molecule has 2 amide bonds. The largest absolute Gasteiger partial charge is 0.442 e. The summed E-state index contributed by atoms with van der Waals surface area (Å²) in [7, 11) is 0. The third kappa shape index (κ3) is 6.05. The Kier molecular flexibility index (Phi) is 5.80. The molecule has 0 saturated carbocycles. The van der Waals surface area contributed by atoms with Gasteiger partial charge in [-0.2, -0.15) is 0 Å². The number of hydrogen-bond acceptors (Lipinski definition) is 6. The minimum absolute atomic E-state index is 0.394. The van der Waals surface area contributed by atoms with E-state index in [0.717, 1.165) is 10.0 Å². The second-order valence-corrected chi connectivity index (χ2v) is 7.22. The van der Waals surface area contributed by atoms with Gasteiger partial charge in [-0.1, -0.05) is 0 Å². The van der Waals surface area contributed by atoms with Gasteiger partial charge >= 0.3 is 12.2 Å². The van der Waals surface area contributed by atoms with Crippen LogP contribution in [0, 0.1) is 0 Å². The molecule has 1 aromatic carbocycles. The summed E-state index contributed by atoms with van der Waals surface area (Å²) in [6.07, 6.45) is -1.38. The molecule has 8 heteroatoms. The summed E-state index contributed by atoms with van der Waals surface area (Å²) < 4.78 is 10.4. The van der Waals surface area contributed by atoms with Crippen LogP contribution in [0.1, 0.15) is 41.5 Å². The molecule has 24 heavy (non-hydrogen) atoms. The Morgan fingerprint density at radius 1 is 0.750 bits per heavy atom. The van der Waals surface area contributed by atoms with Gasteiger partial charge in [0.25, 0.3) is 0 Å². The molecule has 0 aliphatic heterocycles. The molecule has 1 rings (SSSR count). The van der Waals surface area contributed by atoms with Crippen molar-refractivity contribution in [3.8, 4) is 0 Å². The lowest BCUT2D eigenvalue weighted by Crippen LogP contribution is -2.42. The fourth-order valence-electron chi connectivity index (χ4n) is 1.61. The Bertz CT molecular complexity index is 535. The zero-order chi connectivity index (χ0) is 18.7. The maximum absolute atomic E-state index is 11.9. The van der Waals surface area contributed by atoms with Crippen molar-refractivity contribution >= 4 is 23.6 Å². The second-order valence-electron chi connectivity index (χ2n) is 7.22. The van der Waals surface area contributed by atoms with Crippen molar-refractivity contribution in [2.24, 2.45) is 11.7 Å². The van der Waals surface area contributed by atoms with Crippen molar-refractivity contribution in [1.29, 1.82) is 0 Å². The van der Waals surface area contributed by atoms with E-state index >= 15 is 0 Å². The number of carbonyl (C=O) groups excluding carboxylic acids is 2. The molecule has 0 saturated heterocycles. The molecule has 1 aromatic rings. The Hall–Kier alpha value is -2.32. The zero-order valence-electron chi connectivity index (χ0n) is 15.0. The zero-order valence-corrected chi connectivity index (χ0v) is 15.0. The van der Waals surface area contributed by atoms with Crippen LogP contribution in [0.5, 0.6) is 0 Å². The molecule has 0 bridgehead atoms. The Morgan fingerprint density at radius 2 is 1.00 bits per heavy atom. The van der Waals surface area contributed by atoms with Crippen LogP contribution in [0.2, 0.25) is 0 Å². The number of benzene rings is 1. The summed E-state index contributed by atoms with van der Waals surface area (Å²) in [5.74, 6) is 11.5. The van der Waals surface area contributed by atoms with E-state index in [-0.39, 0.29) is 0 Å². The third-order valence-electron chi connectivity index (χ3n) is 2.59. The van der Waals surface area contributed by atoms with E-state index in [1.165, 1.54) is 0 Å². The maximum atomic E-state index is 11.9. The van der Waals surface area contributed by atoms with Crippen molar-refractivity contribution in [3.05, 3.63) is 24.3 Å². The molecule has 0 fully saturated rings. The molecule has 0 spiro atoms. The Labute approximate surface area is 142 Å². The molecular formula is C16H26N4O4.